The van der Waals surface area contributed by atoms with Crippen LogP contribution in [-0.4, -0.2) is 32.1 Å². The van der Waals surface area contributed by atoms with Crippen LogP contribution in [0.3, 0.4) is 0 Å². The molecule has 0 aliphatic carbocycles. The van der Waals surface area contributed by atoms with Crippen molar-refractivity contribution in [3.63, 3.8) is 0 Å². The molecule has 0 aromatic carbocycles. The topological polar surface area (TPSA) is 30.5 Å². The third-order valence-corrected chi connectivity index (χ3v) is 2.13. The Kier molecular flexibility index (Phi) is 3.98. The Balaban J connectivity index is 2.05. The SMILES string of the molecule is CCNCCCC1(C)OCCO1. The van der Waals surface area contributed by atoms with E-state index in [4.69, 9.17) is 9.47 Å². The van der Waals surface area contributed by atoms with Crippen LogP contribution in [0.4, 0.5) is 0 Å². The van der Waals surface area contributed by atoms with E-state index in [0.29, 0.717) is 0 Å². The van der Waals surface area contributed by atoms with Crippen LogP contribution in [0, 0.1) is 0 Å². The molecule has 72 valence electrons. The third-order valence-electron chi connectivity index (χ3n) is 2.13. The summed E-state index contributed by atoms with van der Waals surface area (Å²) in [6, 6.07) is 0. The molecule has 1 aliphatic heterocycles. The number of ether oxygens (including phenoxy) is 2. The summed E-state index contributed by atoms with van der Waals surface area (Å²) in [4.78, 5) is 0. The van der Waals surface area contributed by atoms with Gasteiger partial charge in [-0.3, -0.25) is 0 Å². The zero-order chi connectivity index (χ0) is 8.86. The average molecular weight is 173 g/mol. The fraction of sp³-hybridized carbons (Fsp3) is 1.00. The highest BCUT2D eigenvalue weighted by Gasteiger charge is 2.29. The molecule has 0 aromatic heterocycles. The average Bonchev–Trinajstić information content (AvgIpc) is 2.47. The highest BCUT2D eigenvalue weighted by Crippen LogP contribution is 2.23. The van der Waals surface area contributed by atoms with Gasteiger partial charge in [-0.05, 0) is 26.4 Å². The van der Waals surface area contributed by atoms with Gasteiger partial charge in [0, 0.05) is 6.42 Å². The Hall–Kier alpha value is -0.120. The van der Waals surface area contributed by atoms with Gasteiger partial charge in [-0.2, -0.15) is 0 Å². The second-order valence-corrected chi connectivity index (χ2v) is 3.29. The lowest BCUT2D eigenvalue weighted by Gasteiger charge is -2.21. The van der Waals surface area contributed by atoms with Crippen LogP contribution >= 0.6 is 0 Å². The maximum absolute atomic E-state index is 5.47. The molecule has 12 heavy (non-hydrogen) atoms. The maximum Gasteiger partial charge on any atom is 0.165 e. The zero-order valence-electron chi connectivity index (χ0n) is 8.06. The second kappa shape index (κ2) is 4.80. The smallest absolute Gasteiger partial charge is 0.165 e. The summed E-state index contributed by atoms with van der Waals surface area (Å²) in [5, 5.41) is 3.28. The lowest BCUT2D eigenvalue weighted by atomic mass is 10.1. The van der Waals surface area contributed by atoms with Gasteiger partial charge in [0.1, 0.15) is 0 Å². The molecule has 0 unspecified atom stereocenters. The summed E-state index contributed by atoms with van der Waals surface area (Å²) in [5.41, 5.74) is 0. The predicted octanol–water partition coefficient (Wildman–Crippen LogP) is 1.14. The van der Waals surface area contributed by atoms with Gasteiger partial charge >= 0.3 is 0 Å². The first-order chi connectivity index (χ1) is 5.77. The van der Waals surface area contributed by atoms with Crippen molar-refractivity contribution in [2.75, 3.05) is 26.3 Å². The summed E-state index contributed by atoms with van der Waals surface area (Å²) in [6.07, 6.45) is 2.10. The highest BCUT2D eigenvalue weighted by atomic mass is 16.7. The van der Waals surface area contributed by atoms with Gasteiger partial charge < -0.3 is 14.8 Å². The summed E-state index contributed by atoms with van der Waals surface area (Å²) in [6.45, 7) is 7.73. The van der Waals surface area contributed by atoms with Gasteiger partial charge in [-0.25, -0.2) is 0 Å². The first-order valence-electron chi connectivity index (χ1n) is 4.75. The maximum atomic E-state index is 5.47. The van der Waals surface area contributed by atoms with Crippen molar-refractivity contribution in [3.8, 4) is 0 Å². The van der Waals surface area contributed by atoms with Crippen molar-refractivity contribution in [1.82, 2.24) is 5.32 Å². The lowest BCUT2D eigenvalue weighted by molar-refractivity contribution is -0.147. The summed E-state index contributed by atoms with van der Waals surface area (Å²) >= 11 is 0. The minimum Gasteiger partial charge on any atom is -0.348 e. The quantitative estimate of drug-likeness (QED) is 0.632. The fourth-order valence-electron chi connectivity index (χ4n) is 1.41. The Morgan fingerprint density at radius 3 is 2.58 bits per heavy atom. The summed E-state index contributed by atoms with van der Waals surface area (Å²) in [7, 11) is 0. The fourth-order valence-corrected chi connectivity index (χ4v) is 1.41. The Morgan fingerprint density at radius 1 is 1.33 bits per heavy atom. The minimum absolute atomic E-state index is 0.296. The van der Waals surface area contributed by atoms with Crippen LogP contribution in [0.2, 0.25) is 0 Å². The number of rotatable bonds is 5. The van der Waals surface area contributed by atoms with Gasteiger partial charge in [-0.1, -0.05) is 6.92 Å². The van der Waals surface area contributed by atoms with Crippen LogP contribution in [-0.2, 0) is 9.47 Å². The molecule has 0 amide bonds. The normalized spacial score (nSPS) is 21.5. The van der Waals surface area contributed by atoms with Crippen LogP contribution in [0.25, 0.3) is 0 Å². The summed E-state index contributed by atoms with van der Waals surface area (Å²) in [5.74, 6) is -0.296. The van der Waals surface area contributed by atoms with E-state index in [0.717, 1.165) is 39.1 Å². The molecule has 1 saturated heterocycles. The van der Waals surface area contributed by atoms with Gasteiger partial charge in [0.05, 0.1) is 13.2 Å². The van der Waals surface area contributed by atoms with E-state index in [1.807, 2.05) is 6.92 Å². The van der Waals surface area contributed by atoms with Crippen LogP contribution in [0.1, 0.15) is 26.7 Å². The van der Waals surface area contributed by atoms with Crippen LogP contribution in [0.15, 0.2) is 0 Å². The van der Waals surface area contributed by atoms with Crippen molar-refractivity contribution in [3.05, 3.63) is 0 Å². The number of hydrogen-bond acceptors (Lipinski definition) is 3. The summed E-state index contributed by atoms with van der Waals surface area (Å²) < 4.78 is 10.9. The molecule has 0 radical (unpaired) electrons. The second-order valence-electron chi connectivity index (χ2n) is 3.29. The monoisotopic (exact) mass is 173 g/mol. The molecule has 1 fully saturated rings. The molecule has 0 aromatic rings. The molecule has 1 heterocycles. The van der Waals surface area contributed by atoms with Crippen molar-refractivity contribution >= 4 is 0 Å². The molecule has 0 bridgehead atoms. The van der Waals surface area contributed by atoms with Gasteiger partial charge in [0.15, 0.2) is 5.79 Å². The highest BCUT2D eigenvalue weighted by molar-refractivity contribution is 4.68. The molecule has 0 atom stereocenters. The minimum atomic E-state index is -0.296. The van der Waals surface area contributed by atoms with Crippen LogP contribution in [0.5, 0.6) is 0 Å². The molecule has 3 heteroatoms. The van der Waals surface area contributed by atoms with Gasteiger partial charge in [0.25, 0.3) is 0 Å². The van der Waals surface area contributed by atoms with E-state index in [-0.39, 0.29) is 5.79 Å². The Morgan fingerprint density at radius 2 is 2.00 bits per heavy atom. The molecular formula is C9H19NO2. The van der Waals surface area contributed by atoms with E-state index >= 15 is 0 Å². The van der Waals surface area contributed by atoms with Crippen molar-refractivity contribution in [1.29, 1.82) is 0 Å². The Labute approximate surface area is 74.4 Å². The molecule has 1 rings (SSSR count). The van der Waals surface area contributed by atoms with Crippen molar-refractivity contribution < 1.29 is 9.47 Å². The van der Waals surface area contributed by atoms with Crippen molar-refractivity contribution in [2.24, 2.45) is 0 Å². The van der Waals surface area contributed by atoms with E-state index in [1.54, 1.807) is 0 Å². The van der Waals surface area contributed by atoms with Gasteiger partial charge in [0.2, 0.25) is 0 Å². The number of hydrogen-bond donors (Lipinski definition) is 1. The molecular weight excluding hydrogens is 154 g/mol. The molecule has 3 nitrogen and oxygen atoms in total. The predicted molar refractivity (Wildman–Crippen MR) is 48.1 cm³/mol. The van der Waals surface area contributed by atoms with E-state index in [2.05, 4.69) is 12.2 Å². The molecule has 0 saturated carbocycles. The molecule has 1 aliphatic rings. The van der Waals surface area contributed by atoms with E-state index < -0.39 is 0 Å². The molecule has 0 spiro atoms. The largest absolute Gasteiger partial charge is 0.348 e. The van der Waals surface area contributed by atoms with Crippen molar-refractivity contribution in [2.45, 2.75) is 32.5 Å². The first kappa shape index (κ1) is 9.96. The van der Waals surface area contributed by atoms with E-state index in [9.17, 15) is 0 Å². The lowest BCUT2D eigenvalue weighted by Crippen LogP contribution is -2.27. The first-order valence-corrected chi connectivity index (χ1v) is 4.75. The zero-order valence-corrected chi connectivity index (χ0v) is 8.06. The van der Waals surface area contributed by atoms with E-state index in [1.165, 1.54) is 0 Å². The van der Waals surface area contributed by atoms with Crippen LogP contribution < -0.4 is 5.32 Å². The third kappa shape index (κ3) is 3.09. The molecule has 1 N–H and O–H groups in total. The standard InChI is InChI=1S/C9H19NO2/c1-3-10-6-4-5-9(2)11-7-8-12-9/h10H,3-8H2,1-2H3. The number of nitrogens with one attached hydrogen (secondary N) is 1. The Bertz CT molecular complexity index is 122. The van der Waals surface area contributed by atoms with Gasteiger partial charge in [-0.15, -0.1) is 0 Å².